The maximum absolute atomic E-state index is 10.2. The molecule has 1 N–H and O–H groups in total. The lowest BCUT2D eigenvalue weighted by Gasteiger charge is -2.57. The second-order valence-electron chi connectivity index (χ2n) is 9.96. The fourth-order valence-corrected chi connectivity index (χ4v) is 7.38. The molecule has 4 aliphatic carbocycles. The van der Waals surface area contributed by atoms with Gasteiger partial charge in [-0.25, -0.2) is 0 Å². The Labute approximate surface area is 164 Å². The van der Waals surface area contributed by atoms with E-state index in [-0.39, 0.29) is 16.9 Å². The van der Waals surface area contributed by atoms with E-state index in [9.17, 15) is 5.11 Å². The van der Waals surface area contributed by atoms with E-state index in [2.05, 4.69) is 31.0 Å². The van der Waals surface area contributed by atoms with Crippen LogP contribution in [-0.2, 0) is 0 Å². The fraction of sp³-hybridized carbons (Fsp3) is 0.625. The van der Waals surface area contributed by atoms with Crippen LogP contribution in [0.1, 0.15) is 64.4 Å². The lowest BCUT2D eigenvalue weighted by atomic mass is 9.47. The number of hydrogen-bond donors (Lipinski definition) is 1. The summed E-state index contributed by atoms with van der Waals surface area (Å²) in [5, 5.41) is 10.2. The molecular formula is C24H30BNO. The van der Waals surface area contributed by atoms with Gasteiger partial charge in [-0.1, -0.05) is 31.6 Å². The zero-order valence-corrected chi connectivity index (χ0v) is 16.6. The Balaban J connectivity index is 1.51. The Bertz CT molecular complexity index is 815. The SMILES string of the molecule is [B]C1=C(c2cccnc2)[C@@]2(C)CCC3C(CC=C4C[C@@H](O)CC[C@@]43C)C2C1. The summed E-state index contributed by atoms with van der Waals surface area (Å²) < 4.78 is 0. The first-order valence-corrected chi connectivity index (χ1v) is 10.7. The number of aliphatic hydroxyl groups excluding tert-OH is 1. The van der Waals surface area contributed by atoms with E-state index in [0.717, 1.165) is 43.5 Å². The van der Waals surface area contributed by atoms with Crippen LogP contribution in [0.4, 0.5) is 0 Å². The van der Waals surface area contributed by atoms with Gasteiger partial charge >= 0.3 is 0 Å². The Morgan fingerprint density at radius 3 is 2.70 bits per heavy atom. The van der Waals surface area contributed by atoms with Gasteiger partial charge in [0, 0.05) is 12.4 Å². The van der Waals surface area contributed by atoms with Crippen LogP contribution < -0.4 is 0 Å². The standard InChI is InChI=1S/C24H30BNO/c1-23-9-7-17(27)12-16(23)5-6-18-19(23)8-10-24(2)20(18)13-21(25)22(24)15-4-3-11-26-14-15/h3-5,11,14,17-20,27H,6-10,12-13H2,1-2H3/t17-,18?,19?,20?,23-,24-/m0/s1. The van der Waals surface area contributed by atoms with Crippen molar-refractivity contribution in [3.8, 4) is 0 Å². The normalized spacial score (nSPS) is 43.6. The first kappa shape index (κ1) is 17.7. The smallest absolute Gasteiger partial charge is 0.108 e. The third-order valence-electron chi connectivity index (χ3n) is 8.75. The van der Waals surface area contributed by atoms with Gasteiger partial charge in [0.2, 0.25) is 0 Å². The molecule has 0 aliphatic heterocycles. The molecule has 4 aliphatic rings. The lowest BCUT2D eigenvalue weighted by Crippen LogP contribution is -2.49. The van der Waals surface area contributed by atoms with Gasteiger partial charge in [0.25, 0.3) is 0 Å². The van der Waals surface area contributed by atoms with Crippen molar-refractivity contribution in [2.75, 3.05) is 0 Å². The lowest BCUT2D eigenvalue weighted by molar-refractivity contribution is -0.0239. The number of nitrogens with zero attached hydrogens (tertiary/aromatic N) is 1. The molecule has 0 spiro atoms. The zero-order valence-electron chi connectivity index (χ0n) is 16.6. The van der Waals surface area contributed by atoms with Crippen LogP contribution in [-0.4, -0.2) is 24.0 Å². The van der Waals surface area contributed by atoms with Gasteiger partial charge in [0.05, 0.1) is 6.10 Å². The van der Waals surface area contributed by atoms with Crippen LogP contribution in [0.3, 0.4) is 0 Å². The molecule has 27 heavy (non-hydrogen) atoms. The third kappa shape index (κ3) is 2.46. The molecule has 6 atom stereocenters. The van der Waals surface area contributed by atoms with Crippen LogP contribution in [0.15, 0.2) is 41.6 Å². The molecule has 1 heterocycles. The van der Waals surface area contributed by atoms with Crippen molar-refractivity contribution < 1.29 is 5.11 Å². The van der Waals surface area contributed by atoms with E-state index in [1.165, 1.54) is 29.6 Å². The summed E-state index contributed by atoms with van der Waals surface area (Å²) in [6.07, 6.45) is 13.9. The summed E-state index contributed by atoms with van der Waals surface area (Å²) in [6.45, 7) is 4.94. The van der Waals surface area contributed by atoms with Crippen LogP contribution in [0.25, 0.3) is 5.57 Å². The largest absolute Gasteiger partial charge is 0.393 e. The minimum atomic E-state index is -0.129. The Morgan fingerprint density at radius 2 is 1.93 bits per heavy atom. The van der Waals surface area contributed by atoms with Crippen LogP contribution >= 0.6 is 0 Å². The first-order valence-electron chi connectivity index (χ1n) is 10.7. The van der Waals surface area contributed by atoms with Gasteiger partial charge in [0.15, 0.2) is 0 Å². The summed E-state index contributed by atoms with van der Waals surface area (Å²) in [7, 11) is 6.66. The van der Waals surface area contributed by atoms with Gasteiger partial charge in [-0.3, -0.25) is 4.98 Å². The fourth-order valence-electron chi connectivity index (χ4n) is 7.38. The van der Waals surface area contributed by atoms with Crippen molar-refractivity contribution >= 4 is 13.4 Å². The Hall–Kier alpha value is -1.35. The average molecular weight is 359 g/mol. The van der Waals surface area contributed by atoms with Crippen molar-refractivity contribution in [2.24, 2.45) is 28.6 Å². The number of aliphatic hydroxyl groups is 1. The minimum Gasteiger partial charge on any atom is -0.393 e. The number of aromatic nitrogens is 1. The highest BCUT2D eigenvalue weighted by atomic mass is 16.3. The van der Waals surface area contributed by atoms with E-state index in [1.807, 2.05) is 18.5 Å². The third-order valence-corrected chi connectivity index (χ3v) is 8.75. The number of hydrogen-bond acceptors (Lipinski definition) is 2. The molecule has 2 fully saturated rings. The summed E-state index contributed by atoms with van der Waals surface area (Å²) >= 11 is 0. The van der Waals surface area contributed by atoms with Gasteiger partial charge in [-0.15, -0.1) is 5.47 Å². The van der Waals surface area contributed by atoms with Crippen molar-refractivity contribution in [1.29, 1.82) is 0 Å². The molecular weight excluding hydrogens is 329 g/mol. The van der Waals surface area contributed by atoms with E-state index in [4.69, 9.17) is 7.85 Å². The van der Waals surface area contributed by atoms with E-state index < -0.39 is 0 Å². The van der Waals surface area contributed by atoms with Crippen LogP contribution in [0, 0.1) is 28.6 Å². The molecule has 3 heteroatoms. The molecule has 2 radical (unpaired) electrons. The molecule has 0 saturated heterocycles. The first-order chi connectivity index (χ1) is 12.9. The highest BCUT2D eigenvalue weighted by molar-refractivity contribution is 6.26. The zero-order chi connectivity index (χ0) is 18.8. The molecule has 2 saturated carbocycles. The van der Waals surface area contributed by atoms with Gasteiger partial charge in [0.1, 0.15) is 7.85 Å². The summed E-state index contributed by atoms with van der Waals surface area (Å²) in [4.78, 5) is 4.36. The highest BCUT2D eigenvalue weighted by Gasteiger charge is 2.57. The van der Waals surface area contributed by atoms with Gasteiger partial charge in [-0.05, 0) is 90.7 Å². The quantitative estimate of drug-likeness (QED) is 0.572. The number of allylic oxidation sites excluding steroid dienone is 3. The maximum atomic E-state index is 10.2. The number of rotatable bonds is 1. The van der Waals surface area contributed by atoms with E-state index in [0.29, 0.717) is 11.8 Å². The molecule has 0 amide bonds. The van der Waals surface area contributed by atoms with Crippen molar-refractivity contribution in [1.82, 2.24) is 4.98 Å². The Kier molecular flexibility index (Phi) is 3.99. The second-order valence-corrected chi connectivity index (χ2v) is 9.96. The van der Waals surface area contributed by atoms with E-state index >= 15 is 0 Å². The Morgan fingerprint density at radius 1 is 1.11 bits per heavy atom. The predicted molar refractivity (Wildman–Crippen MR) is 110 cm³/mol. The molecule has 3 unspecified atom stereocenters. The number of pyridine rings is 1. The predicted octanol–water partition coefficient (Wildman–Crippen LogP) is 4.89. The second kappa shape index (κ2) is 6.07. The summed E-state index contributed by atoms with van der Waals surface area (Å²) in [5.74, 6) is 2.08. The van der Waals surface area contributed by atoms with Crippen molar-refractivity contribution in [3.63, 3.8) is 0 Å². The number of fused-ring (bicyclic) bond motifs is 5. The van der Waals surface area contributed by atoms with Gasteiger partial charge in [-0.2, -0.15) is 0 Å². The minimum absolute atomic E-state index is 0.129. The van der Waals surface area contributed by atoms with E-state index in [1.54, 1.807) is 0 Å². The van der Waals surface area contributed by atoms with Gasteiger partial charge < -0.3 is 5.11 Å². The summed E-state index contributed by atoms with van der Waals surface area (Å²) in [5.41, 5.74) is 5.68. The highest BCUT2D eigenvalue weighted by Crippen LogP contribution is 2.67. The summed E-state index contributed by atoms with van der Waals surface area (Å²) in [6, 6.07) is 4.21. The molecule has 0 bridgehead atoms. The van der Waals surface area contributed by atoms with Crippen molar-refractivity contribution in [2.45, 2.75) is 64.9 Å². The van der Waals surface area contributed by atoms with Crippen LogP contribution in [0.5, 0.6) is 0 Å². The molecule has 0 aromatic carbocycles. The molecule has 5 rings (SSSR count). The molecule has 1 aromatic heterocycles. The topological polar surface area (TPSA) is 33.1 Å². The van der Waals surface area contributed by atoms with Crippen molar-refractivity contribution in [3.05, 3.63) is 47.2 Å². The molecule has 1 aromatic rings. The average Bonchev–Trinajstić information content (AvgIpc) is 2.93. The molecule has 140 valence electrons. The monoisotopic (exact) mass is 359 g/mol. The molecule has 2 nitrogen and oxygen atoms in total. The maximum Gasteiger partial charge on any atom is 0.108 e. The van der Waals surface area contributed by atoms with Crippen LogP contribution in [0.2, 0.25) is 0 Å².